The minimum absolute atomic E-state index is 0.0300. The van der Waals surface area contributed by atoms with Gasteiger partial charge in [0, 0.05) is 48.2 Å². The van der Waals surface area contributed by atoms with Crippen molar-refractivity contribution in [2.24, 2.45) is 28.8 Å². The van der Waals surface area contributed by atoms with Crippen LogP contribution in [-0.4, -0.2) is 59.2 Å². The van der Waals surface area contributed by atoms with Gasteiger partial charge in [-0.25, -0.2) is 9.37 Å². The first-order valence-electron chi connectivity index (χ1n) is 15.4. The van der Waals surface area contributed by atoms with E-state index < -0.39 is 71.9 Å². The molecule has 3 saturated carbocycles. The van der Waals surface area contributed by atoms with Crippen LogP contribution in [0.25, 0.3) is 0 Å². The number of ether oxygens (including phenoxy) is 1. The Bertz CT molecular complexity index is 1660. The van der Waals surface area contributed by atoms with Crippen LogP contribution in [0.4, 0.5) is 36.4 Å². The van der Waals surface area contributed by atoms with Crippen LogP contribution in [0.5, 0.6) is 5.88 Å². The number of amides is 2. The Morgan fingerprint density at radius 3 is 2.54 bits per heavy atom. The lowest BCUT2D eigenvalue weighted by Crippen LogP contribution is -2.48. The first-order valence-corrected chi connectivity index (χ1v) is 15.4. The highest BCUT2D eigenvalue weighted by Crippen LogP contribution is 2.53. The number of allylic oxidation sites excluding steroid dienone is 1. The number of alkyl halides is 6. The number of hydrogen-bond donors (Lipinski definition) is 3. The van der Waals surface area contributed by atoms with E-state index >= 15 is 0 Å². The van der Waals surface area contributed by atoms with E-state index in [1.165, 1.54) is 25.4 Å². The first-order chi connectivity index (χ1) is 22.6. The van der Waals surface area contributed by atoms with Crippen LogP contribution in [0.3, 0.4) is 0 Å². The molecule has 4 aliphatic rings. The third-order valence-electron chi connectivity index (χ3n) is 9.55. The number of aliphatic hydroxyl groups excluding tert-OH is 1. The second-order valence-electron chi connectivity index (χ2n) is 12.5. The van der Waals surface area contributed by atoms with Crippen molar-refractivity contribution >= 4 is 23.2 Å². The van der Waals surface area contributed by atoms with Crippen LogP contribution in [0.2, 0.25) is 0 Å². The Hall–Kier alpha value is -4.21. The van der Waals surface area contributed by atoms with Crippen LogP contribution in [0.15, 0.2) is 47.3 Å². The van der Waals surface area contributed by atoms with Gasteiger partial charge < -0.3 is 25.3 Å². The molecule has 258 valence electrons. The van der Waals surface area contributed by atoms with E-state index in [1.54, 1.807) is 0 Å². The van der Waals surface area contributed by atoms with Crippen molar-refractivity contribution in [3.63, 3.8) is 0 Å². The molecule has 0 spiro atoms. The molecule has 48 heavy (non-hydrogen) atoms. The Balaban J connectivity index is 1.29. The molecular formula is C32H31F7N4O5. The number of aliphatic hydroxyl groups is 1. The van der Waals surface area contributed by atoms with Gasteiger partial charge in [-0.3, -0.25) is 9.59 Å². The molecule has 3 aliphatic carbocycles. The van der Waals surface area contributed by atoms with E-state index in [0.717, 1.165) is 6.07 Å². The Morgan fingerprint density at radius 2 is 1.83 bits per heavy atom. The number of pyridine rings is 1. The number of oxime groups is 1. The van der Waals surface area contributed by atoms with Crippen molar-refractivity contribution in [2.45, 2.75) is 69.1 Å². The van der Waals surface area contributed by atoms with Gasteiger partial charge in [0.25, 0.3) is 5.91 Å². The SMILES string of the molecule is COc1ncc(C2=NOC3CC(O)CC23)cc1C(=O)N[C@H]1[C@@H](C(=O)Nc2ccc(F)c(C(F)(F)F)c2)[C@H]2CC[C@@H]1/C2=C\CCC(F)(F)F. The van der Waals surface area contributed by atoms with Crippen molar-refractivity contribution in [1.82, 2.24) is 10.3 Å². The molecule has 0 saturated heterocycles. The highest BCUT2D eigenvalue weighted by Gasteiger charge is 2.55. The lowest BCUT2D eigenvalue weighted by molar-refractivity contribution is -0.140. The normalized spacial score (nSPS) is 28.6. The molecule has 2 heterocycles. The Kier molecular flexibility index (Phi) is 8.89. The fourth-order valence-corrected chi connectivity index (χ4v) is 7.51. The Morgan fingerprint density at radius 1 is 1.08 bits per heavy atom. The molecule has 3 unspecified atom stereocenters. The van der Waals surface area contributed by atoms with E-state index in [2.05, 4.69) is 20.8 Å². The van der Waals surface area contributed by atoms with Gasteiger partial charge in [0.05, 0.1) is 30.4 Å². The summed E-state index contributed by atoms with van der Waals surface area (Å²) in [5, 5.41) is 19.4. The fourth-order valence-electron chi connectivity index (χ4n) is 7.51. The van der Waals surface area contributed by atoms with Crippen LogP contribution in [-0.2, 0) is 15.8 Å². The summed E-state index contributed by atoms with van der Waals surface area (Å²) in [6.45, 7) is 0. The maximum Gasteiger partial charge on any atom is 0.419 e. The molecule has 6 rings (SSSR count). The van der Waals surface area contributed by atoms with Gasteiger partial charge in [0.15, 0.2) is 0 Å². The number of hydrogen-bond acceptors (Lipinski definition) is 7. The van der Waals surface area contributed by atoms with Gasteiger partial charge >= 0.3 is 12.4 Å². The average molecular weight is 685 g/mol. The van der Waals surface area contributed by atoms with E-state index in [4.69, 9.17) is 9.57 Å². The minimum Gasteiger partial charge on any atom is -0.480 e. The first kappa shape index (κ1) is 33.7. The number of benzene rings is 1. The lowest BCUT2D eigenvalue weighted by atomic mass is 9.83. The summed E-state index contributed by atoms with van der Waals surface area (Å²) in [4.78, 5) is 37.3. The molecule has 2 bridgehead atoms. The minimum atomic E-state index is -5.03. The number of anilines is 1. The predicted molar refractivity (Wildman–Crippen MR) is 155 cm³/mol. The van der Waals surface area contributed by atoms with Crippen LogP contribution >= 0.6 is 0 Å². The maximum absolute atomic E-state index is 13.9. The summed E-state index contributed by atoms with van der Waals surface area (Å²) in [6.07, 6.45) is -7.27. The van der Waals surface area contributed by atoms with Gasteiger partial charge in [-0.1, -0.05) is 16.8 Å². The summed E-state index contributed by atoms with van der Waals surface area (Å²) < 4.78 is 98.2. The molecular weight excluding hydrogens is 653 g/mol. The number of methoxy groups -OCH3 is 1. The molecule has 3 N–H and O–H groups in total. The van der Waals surface area contributed by atoms with Crippen molar-refractivity contribution in [2.75, 3.05) is 12.4 Å². The van der Waals surface area contributed by atoms with Crippen molar-refractivity contribution in [3.05, 3.63) is 64.6 Å². The van der Waals surface area contributed by atoms with Gasteiger partial charge in [-0.05, 0) is 55.9 Å². The molecule has 7 atom stereocenters. The maximum atomic E-state index is 13.9. The van der Waals surface area contributed by atoms with Gasteiger partial charge in [0.1, 0.15) is 17.5 Å². The van der Waals surface area contributed by atoms with E-state index in [1.807, 2.05) is 0 Å². The monoisotopic (exact) mass is 684 g/mol. The lowest BCUT2D eigenvalue weighted by Gasteiger charge is -2.30. The van der Waals surface area contributed by atoms with E-state index in [0.29, 0.717) is 54.7 Å². The number of rotatable bonds is 8. The zero-order valence-corrected chi connectivity index (χ0v) is 25.4. The molecule has 2 aromatic rings. The summed E-state index contributed by atoms with van der Waals surface area (Å²) in [5.41, 5.74) is -0.460. The van der Waals surface area contributed by atoms with Crippen LogP contribution in [0, 0.1) is 29.5 Å². The third-order valence-corrected chi connectivity index (χ3v) is 9.55. The predicted octanol–water partition coefficient (Wildman–Crippen LogP) is 5.78. The average Bonchev–Trinajstić information content (AvgIpc) is 3.76. The van der Waals surface area contributed by atoms with Crippen molar-refractivity contribution < 1.29 is 55.0 Å². The van der Waals surface area contributed by atoms with E-state index in [-0.39, 0.29) is 35.6 Å². The molecule has 1 aromatic carbocycles. The Labute approximate surface area is 269 Å². The number of nitrogens with zero attached hydrogens (tertiary/aromatic N) is 2. The van der Waals surface area contributed by atoms with E-state index in [9.17, 15) is 45.4 Å². The van der Waals surface area contributed by atoms with Crippen LogP contribution < -0.4 is 15.4 Å². The highest BCUT2D eigenvalue weighted by atomic mass is 19.4. The quantitative estimate of drug-likeness (QED) is 0.239. The van der Waals surface area contributed by atoms with Gasteiger partial charge in [0.2, 0.25) is 11.8 Å². The fraction of sp³-hybridized carbons (Fsp3) is 0.500. The van der Waals surface area contributed by atoms with Crippen molar-refractivity contribution in [1.29, 1.82) is 0 Å². The molecule has 1 aliphatic heterocycles. The smallest absolute Gasteiger partial charge is 0.419 e. The number of carbonyl (C=O) groups excluding carboxylic acids is 2. The van der Waals surface area contributed by atoms with Gasteiger partial charge in [-0.2, -0.15) is 26.3 Å². The number of carbonyl (C=O) groups is 2. The molecule has 1 aromatic heterocycles. The molecule has 3 fully saturated rings. The standard InChI is InChI=1S/C32H31F7N4O5/c1-47-30-21(9-14(13-40-30)26-20-11-16(44)12-24(20)48-43-26)28(45)42-27-19-6-5-18(17(19)3-2-8-31(34,35)36)25(27)29(46)41-15-4-7-23(33)22(10-15)32(37,38)39/h3-4,7,9-10,13,16,18-20,24-25,27,44H,2,5-6,8,11-12H2,1H3,(H,41,46)(H,42,45)/b17-3-/t16?,18-,19+,20?,24?,25-,27+/m0/s1. The van der Waals surface area contributed by atoms with Crippen LogP contribution in [0.1, 0.15) is 60.0 Å². The molecule has 9 nitrogen and oxygen atoms in total. The topological polar surface area (TPSA) is 122 Å². The number of fused-ring (bicyclic) bond motifs is 3. The third kappa shape index (κ3) is 6.58. The molecule has 16 heteroatoms. The number of nitrogens with one attached hydrogen (secondary N) is 2. The number of aromatic nitrogens is 1. The molecule has 2 amide bonds. The summed E-state index contributed by atoms with van der Waals surface area (Å²) in [5.74, 6) is -5.51. The second-order valence-corrected chi connectivity index (χ2v) is 12.5. The van der Waals surface area contributed by atoms with Gasteiger partial charge in [-0.15, -0.1) is 0 Å². The number of halogens is 7. The van der Waals surface area contributed by atoms with Crippen molar-refractivity contribution in [3.8, 4) is 5.88 Å². The largest absolute Gasteiger partial charge is 0.480 e. The zero-order valence-electron chi connectivity index (χ0n) is 25.4. The summed E-state index contributed by atoms with van der Waals surface area (Å²) in [6, 6.07) is 2.52. The molecule has 0 radical (unpaired) electrons. The summed E-state index contributed by atoms with van der Waals surface area (Å²) >= 11 is 0. The summed E-state index contributed by atoms with van der Waals surface area (Å²) in [7, 11) is 1.30. The zero-order chi connectivity index (χ0) is 34.5. The highest BCUT2D eigenvalue weighted by molar-refractivity contribution is 6.06. The second kappa shape index (κ2) is 12.7.